The Bertz CT molecular complexity index is 297. The minimum atomic E-state index is -0.587. The highest BCUT2D eigenvalue weighted by Crippen LogP contribution is 2.22. The van der Waals surface area contributed by atoms with E-state index in [4.69, 9.17) is 9.47 Å². The topological polar surface area (TPSA) is 38.7 Å². The van der Waals surface area contributed by atoms with Crippen LogP contribution >= 0.6 is 0 Å². The first-order valence-electron chi connectivity index (χ1n) is 5.21. The molecule has 0 amide bonds. The van der Waals surface area contributed by atoms with E-state index in [1.165, 1.54) is 0 Å². The maximum absolute atomic E-state index is 10.1. The van der Waals surface area contributed by atoms with Crippen LogP contribution in [0.15, 0.2) is 43.0 Å². The van der Waals surface area contributed by atoms with E-state index in [0.717, 1.165) is 5.56 Å². The van der Waals surface area contributed by atoms with Gasteiger partial charge in [-0.25, -0.2) is 0 Å². The summed E-state index contributed by atoms with van der Waals surface area (Å²) in [4.78, 5) is 0. The van der Waals surface area contributed by atoms with Crippen molar-refractivity contribution in [3.63, 3.8) is 0 Å². The van der Waals surface area contributed by atoms with Crippen LogP contribution in [-0.2, 0) is 9.47 Å². The van der Waals surface area contributed by atoms with Crippen molar-refractivity contribution >= 4 is 0 Å². The highest BCUT2D eigenvalue weighted by atomic mass is 16.7. The van der Waals surface area contributed by atoms with Crippen LogP contribution in [0.1, 0.15) is 11.7 Å². The van der Waals surface area contributed by atoms with Gasteiger partial charge in [0.05, 0.1) is 12.7 Å². The molecular weight excluding hydrogens is 204 g/mol. The first kappa shape index (κ1) is 12.9. The van der Waals surface area contributed by atoms with Gasteiger partial charge < -0.3 is 14.6 Å². The van der Waals surface area contributed by atoms with Crippen LogP contribution < -0.4 is 0 Å². The first-order valence-corrected chi connectivity index (χ1v) is 5.21. The smallest absolute Gasteiger partial charge is 0.146 e. The van der Waals surface area contributed by atoms with Crippen molar-refractivity contribution in [1.82, 2.24) is 0 Å². The number of aliphatic hydroxyl groups is 1. The second-order valence-electron chi connectivity index (χ2n) is 3.53. The van der Waals surface area contributed by atoms with E-state index >= 15 is 0 Å². The molecule has 0 aliphatic heterocycles. The Morgan fingerprint density at radius 1 is 1.38 bits per heavy atom. The molecule has 16 heavy (non-hydrogen) atoms. The van der Waals surface area contributed by atoms with Gasteiger partial charge in [0.1, 0.15) is 6.79 Å². The highest BCUT2D eigenvalue weighted by molar-refractivity contribution is 5.19. The molecule has 0 fully saturated rings. The number of rotatable bonds is 7. The lowest BCUT2D eigenvalue weighted by Crippen LogP contribution is -2.17. The van der Waals surface area contributed by atoms with Crippen LogP contribution in [0.25, 0.3) is 0 Å². The second kappa shape index (κ2) is 7.17. The largest absolute Gasteiger partial charge is 0.388 e. The standard InChI is InChI=1S/C13H18O3/c1-3-11(9-16-10-15-2)13(14)12-7-5-4-6-8-12/h3-8,11,13-14H,1,9-10H2,2H3/t11-,13-/m1/s1. The van der Waals surface area contributed by atoms with Gasteiger partial charge in [0.15, 0.2) is 0 Å². The van der Waals surface area contributed by atoms with Crippen molar-refractivity contribution < 1.29 is 14.6 Å². The van der Waals surface area contributed by atoms with E-state index in [0.29, 0.717) is 6.61 Å². The van der Waals surface area contributed by atoms with E-state index in [-0.39, 0.29) is 12.7 Å². The molecule has 0 radical (unpaired) electrons. The Morgan fingerprint density at radius 2 is 2.06 bits per heavy atom. The van der Waals surface area contributed by atoms with Gasteiger partial charge in [0.2, 0.25) is 0 Å². The summed E-state index contributed by atoms with van der Waals surface area (Å²) in [5.41, 5.74) is 0.869. The van der Waals surface area contributed by atoms with Gasteiger partial charge in [-0.3, -0.25) is 0 Å². The molecule has 0 heterocycles. The molecule has 1 rings (SSSR count). The Hall–Kier alpha value is -1.16. The molecular formula is C13H18O3. The fourth-order valence-electron chi connectivity index (χ4n) is 1.45. The Balaban J connectivity index is 2.55. The molecule has 0 aromatic heterocycles. The molecule has 0 spiro atoms. The third-order valence-electron chi connectivity index (χ3n) is 2.36. The predicted molar refractivity (Wildman–Crippen MR) is 62.9 cm³/mol. The van der Waals surface area contributed by atoms with Gasteiger partial charge in [-0.2, -0.15) is 0 Å². The second-order valence-corrected chi connectivity index (χ2v) is 3.53. The van der Waals surface area contributed by atoms with Crippen LogP contribution in [0.2, 0.25) is 0 Å². The van der Waals surface area contributed by atoms with Gasteiger partial charge in [0, 0.05) is 13.0 Å². The molecule has 0 aliphatic carbocycles. The van der Waals surface area contributed by atoms with E-state index < -0.39 is 6.10 Å². The minimum Gasteiger partial charge on any atom is -0.388 e. The molecule has 1 aromatic carbocycles. The minimum absolute atomic E-state index is 0.127. The summed E-state index contributed by atoms with van der Waals surface area (Å²) in [5.74, 6) is -0.127. The lowest BCUT2D eigenvalue weighted by atomic mass is 9.97. The van der Waals surface area contributed by atoms with Crippen molar-refractivity contribution in [3.05, 3.63) is 48.6 Å². The van der Waals surface area contributed by atoms with Crippen LogP contribution in [0, 0.1) is 5.92 Å². The molecule has 88 valence electrons. The van der Waals surface area contributed by atoms with E-state index in [9.17, 15) is 5.11 Å². The third kappa shape index (κ3) is 3.77. The SMILES string of the molecule is C=C[C@H](COCOC)[C@@H](O)c1ccccc1. The molecule has 0 bridgehead atoms. The summed E-state index contributed by atoms with van der Waals surface area (Å²) in [6.07, 6.45) is 1.11. The Labute approximate surface area is 96.3 Å². The molecule has 2 atom stereocenters. The van der Waals surface area contributed by atoms with Gasteiger partial charge in [-0.15, -0.1) is 6.58 Å². The zero-order valence-corrected chi connectivity index (χ0v) is 9.50. The summed E-state index contributed by atoms with van der Waals surface area (Å²) in [7, 11) is 1.57. The number of ether oxygens (including phenoxy) is 2. The molecule has 0 aliphatic rings. The Kier molecular flexibility index (Phi) is 5.78. The number of benzene rings is 1. The summed E-state index contributed by atoms with van der Waals surface area (Å²) in [6.45, 7) is 4.33. The van der Waals surface area contributed by atoms with Crippen LogP contribution in [0.4, 0.5) is 0 Å². The Morgan fingerprint density at radius 3 is 2.62 bits per heavy atom. The number of aliphatic hydroxyl groups excluding tert-OH is 1. The van der Waals surface area contributed by atoms with Gasteiger partial charge >= 0.3 is 0 Å². The molecule has 0 saturated heterocycles. The van der Waals surface area contributed by atoms with Gasteiger partial charge in [-0.05, 0) is 5.56 Å². The highest BCUT2D eigenvalue weighted by Gasteiger charge is 2.17. The average molecular weight is 222 g/mol. The molecule has 3 heteroatoms. The lowest BCUT2D eigenvalue weighted by Gasteiger charge is -2.19. The predicted octanol–water partition coefficient (Wildman–Crippen LogP) is 2.14. The molecule has 1 N–H and O–H groups in total. The zero-order chi connectivity index (χ0) is 11.8. The molecule has 0 unspecified atom stereocenters. The van der Waals surface area contributed by atoms with Crippen molar-refractivity contribution in [2.24, 2.45) is 5.92 Å². The maximum Gasteiger partial charge on any atom is 0.146 e. The van der Waals surface area contributed by atoms with Crippen molar-refractivity contribution in [1.29, 1.82) is 0 Å². The zero-order valence-electron chi connectivity index (χ0n) is 9.50. The van der Waals surface area contributed by atoms with E-state index in [1.54, 1.807) is 13.2 Å². The van der Waals surface area contributed by atoms with Crippen molar-refractivity contribution in [2.45, 2.75) is 6.10 Å². The molecule has 1 aromatic rings. The third-order valence-corrected chi connectivity index (χ3v) is 2.36. The number of hydrogen-bond acceptors (Lipinski definition) is 3. The molecule has 3 nitrogen and oxygen atoms in total. The van der Waals surface area contributed by atoms with Gasteiger partial charge in [0.25, 0.3) is 0 Å². The normalized spacial score (nSPS) is 14.4. The van der Waals surface area contributed by atoms with Crippen molar-refractivity contribution in [2.75, 3.05) is 20.5 Å². The maximum atomic E-state index is 10.1. The fourth-order valence-corrected chi connectivity index (χ4v) is 1.45. The summed E-state index contributed by atoms with van der Waals surface area (Å²) in [5, 5.41) is 10.1. The van der Waals surface area contributed by atoms with E-state index in [2.05, 4.69) is 6.58 Å². The summed E-state index contributed by atoms with van der Waals surface area (Å²) < 4.78 is 10.0. The van der Waals surface area contributed by atoms with Crippen molar-refractivity contribution in [3.8, 4) is 0 Å². The van der Waals surface area contributed by atoms with Crippen LogP contribution in [-0.4, -0.2) is 25.6 Å². The van der Waals surface area contributed by atoms with Crippen LogP contribution in [0.5, 0.6) is 0 Å². The summed E-state index contributed by atoms with van der Waals surface area (Å²) in [6, 6.07) is 9.49. The number of hydrogen-bond donors (Lipinski definition) is 1. The quantitative estimate of drug-likeness (QED) is 0.436. The summed E-state index contributed by atoms with van der Waals surface area (Å²) >= 11 is 0. The van der Waals surface area contributed by atoms with E-state index in [1.807, 2.05) is 30.3 Å². The lowest BCUT2D eigenvalue weighted by molar-refractivity contribution is -0.0528. The average Bonchev–Trinajstić information content (AvgIpc) is 2.35. The monoisotopic (exact) mass is 222 g/mol. The fraction of sp³-hybridized carbons (Fsp3) is 0.385. The molecule has 0 saturated carbocycles. The van der Waals surface area contributed by atoms with Gasteiger partial charge in [-0.1, -0.05) is 36.4 Å². The van der Waals surface area contributed by atoms with Crippen LogP contribution in [0.3, 0.4) is 0 Å². The number of methoxy groups -OCH3 is 1. The first-order chi connectivity index (χ1) is 7.79.